The van der Waals surface area contributed by atoms with Crippen LogP contribution in [0.25, 0.3) is 0 Å². The minimum absolute atomic E-state index is 0.0870. The quantitative estimate of drug-likeness (QED) is 0.571. The Labute approximate surface area is 184 Å². The van der Waals surface area contributed by atoms with Gasteiger partial charge in [-0.1, -0.05) is 13.8 Å². The van der Waals surface area contributed by atoms with Crippen molar-refractivity contribution in [2.75, 3.05) is 26.6 Å². The maximum Gasteiger partial charge on any atom is 0.387 e. The van der Waals surface area contributed by atoms with Crippen LogP contribution in [0.5, 0.6) is 23.0 Å². The maximum atomic E-state index is 12.9. The Morgan fingerprint density at radius 1 is 0.875 bits per heavy atom. The number of benzene rings is 2. The summed E-state index contributed by atoms with van der Waals surface area (Å²) in [5, 5.41) is 5.29. The summed E-state index contributed by atoms with van der Waals surface area (Å²) in [5.41, 5.74) is 0.450. The molecular weight excluding hydrogens is 426 g/mol. The number of carbonyl (C=O) groups is 2. The molecule has 0 aromatic heterocycles. The molecule has 0 radical (unpaired) electrons. The van der Waals surface area contributed by atoms with Crippen LogP contribution in [0.4, 0.5) is 14.5 Å². The second-order valence-electron chi connectivity index (χ2n) is 7.03. The number of nitrogens with one attached hydrogen (secondary N) is 2. The average molecular weight is 452 g/mol. The number of hydrogen-bond donors (Lipinski definition) is 2. The highest BCUT2D eigenvalue weighted by Crippen LogP contribution is 2.31. The topological polar surface area (TPSA) is 95.1 Å². The summed E-state index contributed by atoms with van der Waals surface area (Å²) >= 11 is 0. The predicted molar refractivity (Wildman–Crippen MR) is 114 cm³/mol. The van der Waals surface area contributed by atoms with Gasteiger partial charge in [0.05, 0.1) is 21.3 Å². The third-order valence-electron chi connectivity index (χ3n) is 4.50. The molecule has 10 heteroatoms. The summed E-state index contributed by atoms with van der Waals surface area (Å²) < 4.78 is 45.0. The Morgan fingerprint density at radius 3 is 2.00 bits per heavy atom. The second kappa shape index (κ2) is 11.2. The van der Waals surface area contributed by atoms with E-state index >= 15 is 0 Å². The first kappa shape index (κ1) is 24.7. The van der Waals surface area contributed by atoms with Gasteiger partial charge in [-0.25, -0.2) is 0 Å². The molecule has 2 rings (SSSR count). The number of methoxy groups -OCH3 is 3. The molecule has 0 saturated heterocycles. The van der Waals surface area contributed by atoms with E-state index in [2.05, 4.69) is 15.4 Å². The lowest BCUT2D eigenvalue weighted by atomic mass is 10.0. The first-order valence-electron chi connectivity index (χ1n) is 9.66. The molecule has 2 amide bonds. The van der Waals surface area contributed by atoms with Crippen LogP contribution in [0.2, 0.25) is 0 Å². The van der Waals surface area contributed by atoms with E-state index < -0.39 is 24.5 Å². The number of hydrogen-bond acceptors (Lipinski definition) is 6. The maximum absolute atomic E-state index is 12.9. The van der Waals surface area contributed by atoms with E-state index in [1.165, 1.54) is 51.7 Å². The van der Waals surface area contributed by atoms with Crippen LogP contribution in [0.1, 0.15) is 24.2 Å². The third-order valence-corrected chi connectivity index (χ3v) is 4.50. The minimum Gasteiger partial charge on any atom is -0.497 e. The third kappa shape index (κ3) is 6.47. The molecule has 0 saturated carbocycles. The standard InChI is InChI=1S/C22H26F2N2O6/c1-12(2)19(26-20(27)13-8-15(29-3)11-16(9-13)30-4)21(28)25-14-6-7-17(31-5)18(10-14)32-22(23)24/h6-12,19,22H,1-5H3,(H,25,28)(H,26,27). The van der Waals surface area contributed by atoms with E-state index in [0.29, 0.717) is 11.5 Å². The van der Waals surface area contributed by atoms with Gasteiger partial charge in [0.15, 0.2) is 11.5 Å². The first-order valence-corrected chi connectivity index (χ1v) is 9.66. The van der Waals surface area contributed by atoms with Crippen molar-refractivity contribution in [2.24, 2.45) is 5.92 Å². The smallest absolute Gasteiger partial charge is 0.387 e. The molecule has 32 heavy (non-hydrogen) atoms. The van der Waals surface area contributed by atoms with Crippen molar-refractivity contribution in [3.8, 4) is 23.0 Å². The zero-order valence-corrected chi connectivity index (χ0v) is 18.4. The van der Waals surface area contributed by atoms with E-state index in [1.54, 1.807) is 19.9 Å². The molecular formula is C22H26F2N2O6. The van der Waals surface area contributed by atoms with E-state index in [4.69, 9.17) is 14.2 Å². The van der Waals surface area contributed by atoms with E-state index in [9.17, 15) is 18.4 Å². The lowest BCUT2D eigenvalue weighted by Crippen LogP contribution is -2.47. The molecule has 0 aliphatic heterocycles. The largest absolute Gasteiger partial charge is 0.497 e. The molecule has 2 aromatic rings. The van der Waals surface area contributed by atoms with Crippen LogP contribution >= 0.6 is 0 Å². The van der Waals surface area contributed by atoms with Gasteiger partial charge in [0.1, 0.15) is 17.5 Å². The normalized spacial score (nSPS) is 11.7. The van der Waals surface area contributed by atoms with Crippen molar-refractivity contribution < 1.29 is 37.3 Å². The molecule has 1 unspecified atom stereocenters. The number of anilines is 1. The van der Waals surface area contributed by atoms with Gasteiger partial charge < -0.3 is 29.6 Å². The monoisotopic (exact) mass is 452 g/mol. The fourth-order valence-corrected chi connectivity index (χ4v) is 2.86. The summed E-state index contributed by atoms with van der Waals surface area (Å²) in [6.45, 7) is 0.462. The van der Waals surface area contributed by atoms with Crippen LogP contribution in [0.15, 0.2) is 36.4 Å². The zero-order valence-electron chi connectivity index (χ0n) is 18.4. The van der Waals surface area contributed by atoms with Crippen LogP contribution < -0.4 is 29.6 Å². The number of ether oxygens (including phenoxy) is 4. The summed E-state index contributed by atoms with van der Waals surface area (Å²) in [6.07, 6.45) is 0. The summed E-state index contributed by atoms with van der Waals surface area (Å²) in [5.74, 6) is -0.613. The number of halogens is 2. The van der Waals surface area contributed by atoms with Gasteiger partial charge in [0.25, 0.3) is 5.91 Å². The van der Waals surface area contributed by atoms with Crippen molar-refractivity contribution >= 4 is 17.5 Å². The van der Waals surface area contributed by atoms with Crippen LogP contribution in [0.3, 0.4) is 0 Å². The van der Waals surface area contributed by atoms with Gasteiger partial charge in [-0.2, -0.15) is 8.78 Å². The molecule has 0 fully saturated rings. The Bertz CT molecular complexity index is 930. The highest BCUT2D eigenvalue weighted by Gasteiger charge is 2.26. The average Bonchev–Trinajstić information content (AvgIpc) is 2.76. The van der Waals surface area contributed by atoms with E-state index in [1.807, 2.05) is 0 Å². The number of amides is 2. The summed E-state index contributed by atoms with van der Waals surface area (Å²) in [7, 11) is 4.23. The van der Waals surface area contributed by atoms with Crippen molar-refractivity contribution in [2.45, 2.75) is 26.5 Å². The van der Waals surface area contributed by atoms with Gasteiger partial charge >= 0.3 is 6.61 Å². The predicted octanol–water partition coefficient (Wildman–Crippen LogP) is 3.71. The Hall–Kier alpha value is -3.56. The lowest BCUT2D eigenvalue weighted by Gasteiger charge is -2.22. The molecule has 0 aliphatic carbocycles. The zero-order chi connectivity index (χ0) is 23.8. The van der Waals surface area contributed by atoms with Gasteiger partial charge in [-0.05, 0) is 30.2 Å². The molecule has 174 valence electrons. The van der Waals surface area contributed by atoms with E-state index in [-0.39, 0.29) is 28.7 Å². The van der Waals surface area contributed by atoms with Crippen molar-refractivity contribution in [3.63, 3.8) is 0 Å². The minimum atomic E-state index is -3.06. The fourth-order valence-electron chi connectivity index (χ4n) is 2.86. The number of rotatable bonds is 10. The van der Waals surface area contributed by atoms with Gasteiger partial charge in [-0.3, -0.25) is 9.59 Å². The van der Waals surface area contributed by atoms with Gasteiger partial charge in [0, 0.05) is 23.4 Å². The second-order valence-corrected chi connectivity index (χ2v) is 7.03. The SMILES string of the molecule is COc1cc(OC)cc(C(=O)NC(C(=O)Nc2ccc(OC)c(OC(F)F)c2)C(C)C)c1. The number of carbonyl (C=O) groups excluding carboxylic acids is 2. The van der Waals surface area contributed by atoms with Gasteiger partial charge in [-0.15, -0.1) is 0 Å². The molecule has 0 spiro atoms. The van der Waals surface area contributed by atoms with Crippen molar-refractivity contribution in [1.82, 2.24) is 5.32 Å². The molecule has 1 atom stereocenters. The number of alkyl halides is 2. The van der Waals surface area contributed by atoms with E-state index in [0.717, 1.165) is 0 Å². The Balaban J connectivity index is 2.21. The highest BCUT2D eigenvalue weighted by molar-refractivity contribution is 6.01. The molecule has 8 nitrogen and oxygen atoms in total. The van der Waals surface area contributed by atoms with Crippen molar-refractivity contribution in [1.29, 1.82) is 0 Å². The Morgan fingerprint density at radius 2 is 1.50 bits per heavy atom. The lowest BCUT2D eigenvalue weighted by molar-refractivity contribution is -0.118. The Kier molecular flexibility index (Phi) is 8.62. The van der Waals surface area contributed by atoms with Crippen LogP contribution in [-0.2, 0) is 4.79 Å². The fraction of sp³-hybridized carbons (Fsp3) is 0.364. The highest BCUT2D eigenvalue weighted by atomic mass is 19.3. The first-order chi connectivity index (χ1) is 15.2. The summed E-state index contributed by atoms with van der Waals surface area (Å²) in [4.78, 5) is 25.6. The van der Waals surface area contributed by atoms with Gasteiger partial charge in [0.2, 0.25) is 5.91 Å². The molecule has 2 aromatic carbocycles. The molecule has 0 bridgehead atoms. The van der Waals surface area contributed by atoms with Crippen molar-refractivity contribution in [3.05, 3.63) is 42.0 Å². The molecule has 0 aliphatic rings. The summed E-state index contributed by atoms with van der Waals surface area (Å²) in [6, 6.07) is 7.82. The van der Waals surface area contributed by atoms with Crippen LogP contribution in [0, 0.1) is 5.92 Å². The molecule has 0 heterocycles. The molecule has 2 N–H and O–H groups in total. The van der Waals surface area contributed by atoms with Crippen LogP contribution in [-0.4, -0.2) is 45.8 Å².